The highest BCUT2D eigenvalue weighted by atomic mass is 32.1. The average Bonchev–Trinajstić information content (AvgIpc) is 3.62. The molecular formula is C24H14FN5O2S. The van der Waals surface area contributed by atoms with E-state index < -0.39 is 0 Å². The van der Waals surface area contributed by atoms with Crippen molar-refractivity contribution in [2.24, 2.45) is 0 Å². The van der Waals surface area contributed by atoms with Crippen LogP contribution < -0.4 is 10.1 Å². The Morgan fingerprint density at radius 3 is 2.52 bits per heavy atom. The van der Waals surface area contributed by atoms with Crippen LogP contribution >= 0.6 is 11.3 Å². The van der Waals surface area contributed by atoms with Crippen LogP contribution in [0.5, 0.6) is 0 Å². The van der Waals surface area contributed by atoms with Crippen molar-refractivity contribution in [3.8, 4) is 28.5 Å². The molecule has 7 nitrogen and oxygen atoms in total. The summed E-state index contributed by atoms with van der Waals surface area (Å²) in [5.74, 6) is 0.629. The lowest BCUT2D eigenvalue weighted by Gasteiger charge is -1.98. The molecule has 0 saturated carbocycles. The van der Waals surface area contributed by atoms with Crippen LogP contribution in [-0.4, -0.2) is 24.4 Å². The summed E-state index contributed by atoms with van der Waals surface area (Å²) < 4.78 is 22.3. The highest BCUT2D eigenvalue weighted by molar-refractivity contribution is 7.15. The number of aromatic nitrogens is 5. The minimum absolute atomic E-state index is 0.284. The normalized spacial score (nSPS) is 12.1. The quantitative estimate of drug-likeness (QED) is 0.402. The van der Waals surface area contributed by atoms with Crippen molar-refractivity contribution in [1.29, 1.82) is 0 Å². The number of halogens is 1. The van der Waals surface area contributed by atoms with Gasteiger partial charge in [-0.2, -0.15) is 14.6 Å². The third-order valence-electron chi connectivity index (χ3n) is 5.09. The zero-order valence-corrected chi connectivity index (χ0v) is 17.7. The summed E-state index contributed by atoms with van der Waals surface area (Å²) in [4.78, 5) is 17.9. The third-order valence-corrected chi connectivity index (χ3v) is 6.05. The molecule has 0 aliphatic heterocycles. The van der Waals surface area contributed by atoms with Crippen LogP contribution in [0.1, 0.15) is 5.56 Å². The van der Waals surface area contributed by atoms with Crippen molar-refractivity contribution in [2.45, 2.75) is 0 Å². The fourth-order valence-electron chi connectivity index (χ4n) is 3.51. The molecule has 160 valence electrons. The van der Waals surface area contributed by atoms with Crippen molar-refractivity contribution in [2.75, 3.05) is 0 Å². The van der Waals surface area contributed by atoms with Gasteiger partial charge in [-0.1, -0.05) is 29.5 Å². The molecule has 9 heteroatoms. The summed E-state index contributed by atoms with van der Waals surface area (Å²) in [5, 5.41) is 9.00. The fraction of sp³-hybridized carbons (Fsp3) is 0. The number of hydrogen-bond donors (Lipinski definition) is 0. The molecule has 0 bridgehead atoms. The molecule has 0 aliphatic rings. The van der Waals surface area contributed by atoms with Gasteiger partial charge in [-0.25, -0.2) is 9.07 Å². The number of hydrogen-bond acceptors (Lipinski definition) is 6. The monoisotopic (exact) mass is 455 g/mol. The predicted molar refractivity (Wildman–Crippen MR) is 123 cm³/mol. The second-order valence-corrected chi connectivity index (χ2v) is 8.25. The van der Waals surface area contributed by atoms with Gasteiger partial charge in [0, 0.05) is 17.3 Å². The van der Waals surface area contributed by atoms with Gasteiger partial charge in [0.15, 0.2) is 11.6 Å². The lowest BCUT2D eigenvalue weighted by atomic mass is 10.2. The van der Waals surface area contributed by atoms with E-state index in [1.807, 2.05) is 42.6 Å². The Kier molecular flexibility index (Phi) is 4.48. The Hall–Kier alpha value is -4.37. The molecule has 6 aromatic rings. The summed E-state index contributed by atoms with van der Waals surface area (Å²) in [5.41, 5.74) is 2.59. The van der Waals surface area contributed by atoms with Crippen LogP contribution in [-0.2, 0) is 0 Å². The van der Waals surface area contributed by atoms with Crippen molar-refractivity contribution in [1.82, 2.24) is 24.4 Å². The van der Waals surface area contributed by atoms with Crippen molar-refractivity contribution in [3.05, 3.63) is 105 Å². The van der Waals surface area contributed by atoms with Gasteiger partial charge < -0.3 is 4.42 Å². The number of fused-ring (bicyclic) bond motifs is 1. The van der Waals surface area contributed by atoms with Gasteiger partial charge in [-0.3, -0.25) is 4.79 Å². The first-order chi connectivity index (χ1) is 16.2. The van der Waals surface area contributed by atoms with Crippen LogP contribution in [0.25, 0.3) is 39.6 Å². The maximum Gasteiger partial charge on any atom is 0.291 e. The van der Waals surface area contributed by atoms with Crippen molar-refractivity contribution in [3.63, 3.8) is 0 Å². The molecule has 0 amide bonds. The predicted octanol–water partition coefficient (Wildman–Crippen LogP) is 3.95. The number of rotatable bonds is 4. The lowest BCUT2D eigenvalue weighted by Crippen LogP contribution is -2.23. The van der Waals surface area contributed by atoms with Crippen molar-refractivity contribution >= 4 is 22.4 Å². The maximum atomic E-state index is 13.2. The van der Waals surface area contributed by atoms with Gasteiger partial charge in [0.25, 0.3) is 5.56 Å². The number of thiazole rings is 1. The van der Waals surface area contributed by atoms with Crippen LogP contribution in [0.3, 0.4) is 0 Å². The Morgan fingerprint density at radius 2 is 1.79 bits per heavy atom. The number of nitrogens with zero attached hydrogens (tertiary/aromatic N) is 5. The molecule has 33 heavy (non-hydrogen) atoms. The molecular weight excluding hydrogens is 441 g/mol. The number of furan rings is 1. The molecule has 4 aromatic heterocycles. The molecule has 0 unspecified atom stereocenters. The molecule has 0 N–H and O–H groups in total. The zero-order valence-electron chi connectivity index (χ0n) is 16.9. The first-order valence-electron chi connectivity index (χ1n) is 10.0. The molecule has 0 radical (unpaired) electrons. The van der Waals surface area contributed by atoms with E-state index in [1.165, 1.54) is 28.0 Å². The lowest BCUT2D eigenvalue weighted by molar-refractivity contribution is 0.579. The van der Waals surface area contributed by atoms with Gasteiger partial charge in [-0.05, 0) is 54.6 Å². The number of para-hydroxylation sites is 1. The SMILES string of the molecule is O=c1c(=Cc2cn(-c3ccccc3)nc2-c2ccco2)sc2nc(-c3ccc(F)cc3)nn12. The average molecular weight is 455 g/mol. The van der Waals surface area contributed by atoms with Crippen LogP contribution in [0, 0.1) is 5.82 Å². The molecule has 0 saturated heterocycles. The van der Waals surface area contributed by atoms with E-state index in [4.69, 9.17) is 4.42 Å². The Balaban J connectivity index is 1.47. The van der Waals surface area contributed by atoms with Gasteiger partial charge in [0.1, 0.15) is 11.5 Å². The second-order valence-electron chi connectivity index (χ2n) is 7.24. The summed E-state index contributed by atoms with van der Waals surface area (Å²) >= 11 is 1.23. The van der Waals surface area contributed by atoms with E-state index in [2.05, 4.69) is 15.2 Å². The molecule has 2 aromatic carbocycles. The molecule has 0 aliphatic carbocycles. The Labute approximate surface area is 189 Å². The molecule has 6 rings (SSSR count). The molecule has 0 fully saturated rings. The van der Waals surface area contributed by atoms with E-state index in [9.17, 15) is 9.18 Å². The second kappa shape index (κ2) is 7.64. The Morgan fingerprint density at radius 1 is 0.970 bits per heavy atom. The van der Waals surface area contributed by atoms with Gasteiger partial charge in [-0.15, -0.1) is 5.10 Å². The number of benzene rings is 2. The summed E-state index contributed by atoms with van der Waals surface area (Å²) in [6.07, 6.45) is 5.21. The summed E-state index contributed by atoms with van der Waals surface area (Å²) in [7, 11) is 0. The molecule has 4 heterocycles. The topological polar surface area (TPSA) is 78.2 Å². The van der Waals surface area contributed by atoms with E-state index in [0.29, 0.717) is 32.3 Å². The molecule has 0 spiro atoms. The van der Waals surface area contributed by atoms with E-state index in [-0.39, 0.29) is 11.4 Å². The van der Waals surface area contributed by atoms with Crippen LogP contribution in [0.4, 0.5) is 4.39 Å². The minimum atomic E-state index is -0.343. The van der Waals surface area contributed by atoms with E-state index >= 15 is 0 Å². The molecule has 0 atom stereocenters. The highest BCUT2D eigenvalue weighted by Gasteiger charge is 2.16. The zero-order chi connectivity index (χ0) is 22.4. The summed E-state index contributed by atoms with van der Waals surface area (Å²) in [6.45, 7) is 0. The fourth-order valence-corrected chi connectivity index (χ4v) is 4.41. The first-order valence-corrected chi connectivity index (χ1v) is 10.8. The van der Waals surface area contributed by atoms with Gasteiger partial charge in [0.05, 0.1) is 16.5 Å². The third kappa shape index (κ3) is 3.44. The van der Waals surface area contributed by atoms with E-state index in [1.54, 1.807) is 35.2 Å². The standard InChI is InChI=1S/C24H14FN5O2S/c25-17-10-8-15(9-11-17)22-26-24-30(28-22)23(31)20(33-24)13-16-14-29(18-5-2-1-3-6-18)27-21(16)19-7-4-12-32-19/h1-14H. The van der Waals surface area contributed by atoms with Crippen molar-refractivity contribution < 1.29 is 8.81 Å². The maximum absolute atomic E-state index is 13.2. The minimum Gasteiger partial charge on any atom is -0.463 e. The highest BCUT2D eigenvalue weighted by Crippen LogP contribution is 2.25. The smallest absolute Gasteiger partial charge is 0.291 e. The Bertz CT molecular complexity index is 1680. The van der Waals surface area contributed by atoms with E-state index in [0.717, 1.165) is 11.3 Å². The largest absolute Gasteiger partial charge is 0.463 e. The summed E-state index contributed by atoms with van der Waals surface area (Å²) in [6, 6.07) is 19.1. The van der Waals surface area contributed by atoms with Gasteiger partial charge in [0.2, 0.25) is 4.96 Å². The first kappa shape index (κ1) is 19.3. The van der Waals surface area contributed by atoms with Gasteiger partial charge >= 0.3 is 0 Å². The van der Waals surface area contributed by atoms with Crippen LogP contribution in [0.2, 0.25) is 0 Å². The van der Waals surface area contributed by atoms with Crippen LogP contribution in [0.15, 0.2) is 88.4 Å².